The van der Waals surface area contributed by atoms with E-state index in [0.717, 1.165) is 6.42 Å². The van der Waals surface area contributed by atoms with Gasteiger partial charge >= 0.3 is 0 Å². The van der Waals surface area contributed by atoms with Crippen molar-refractivity contribution in [3.63, 3.8) is 0 Å². The largest absolute Gasteiger partial charge is 0.301 e. The lowest BCUT2D eigenvalue weighted by Crippen LogP contribution is -2.33. The van der Waals surface area contributed by atoms with E-state index in [4.69, 9.17) is 5.26 Å². The molecule has 2 heteroatoms. The first-order valence-electron chi connectivity index (χ1n) is 6.04. The number of benzene rings is 1. The van der Waals surface area contributed by atoms with Crippen LogP contribution in [0.1, 0.15) is 24.8 Å². The van der Waals surface area contributed by atoms with Crippen LogP contribution in [0.5, 0.6) is 0 Å². The van der Waals surface area contributed by atoms with Crippen LogP contribution in [-0.4, -0.2) is 12.6 Å². The standard InChI is InChI=1S/C14H18N2/c15-9-10-16-14-8-4-7-13(14)11-12-5-2-1-3-6-12/h1-3,5-6,13-14,16H,4,7-8,10-11H2/t13-,14-/m0/s1. The Morgan fingerprint density at radius 1 is 1.25 bits per heavy atom. The van der Waals surface area contributed by atoms with E-state index in [-0.39, 0.29) is 0 Å². The second-order valence-electron chi connectivity index (χ2n) is 4.53. The van der Waals surface area contributed by atoms with Gasteiger partial charge in [0.1, 0.15) is 0 Å². The third-order valence-electron chi connectivity index (χ3n) is 3.44. The van der Waals surface area contributed by atoms with E-state index >= 15 is 0 Å². The van der Waals surface area contributed by atoms with Gasteiger partial charge in [-0.1, -0.05) is 36.8 Å². The molecule has 0 aliphatic heterocycles. The van der Waals surface area contributed by atoms with E-state index in [1.54, 1.807) is 0 Å². The second-order valence-corrected chi connectivity index (χ2v) is 4.53. The molecule has 2 atom stereocenters. The van der Waals surface area contributed by atoms with E-state index in [0.29, 0.717) is 18.5 Å². The van der Waals surface area contributed by atoms with Gasteiger partial charge in [-0.15, -0.1) is 0 Å². The fraction of sp³-hybridized carbons (Fsp3) is 0.500. The SMILES string of the molecule is N#CCN[C@H]1CCC[C@H]1Cc1ccccc1. The van der Waals surface area contributed by atoms with Crippen molar-refractivity contribution >= 4 is 0 Å². The number of nitriles is 1. The minimum Gasteiger partial charge on any atom is -0.301 e. The molecular formula is C14H18N2. The average molecular weight is 214 g/mol. The van der Waals surface area contributed by atoms with Crippen LogP contribution < -0.4 is 5.32 Å². The summed E-state index contributed by atoms with van der Waals surface area (Å²) in [6, 6.07) is 13.4. The molecule has 0 spiro atoms. The van der Waals surface area contributed by atoms with Crippen molar-refractivity contribution in [1.29, 1.82) is 5.26 Å². The second kappa shape index (κ2) is 5.67. The number of nitrogens with one attached hydrogen (secondary N) is 1. The highest BCUT2D eigenvalue weighted by molar-refractivity contribution is 5.16. The molecule has 0 radical (unpaired) electrons. The van der Waals surface area contributed by atoms with Crippen LogP contribution in [0.2, 0.25) is 0 Å². The van der Waals surface area contributed by atoms with Crippen molar-refractivity contribution in [2.45, 2.75) is 31.7 Å². The van der Waals surface area contributed by atoms with Gasteiger partial charge in [0, 0.05) is 6.04 Å². The highest BCUT2D eigenvalue weighted by atomic mass is 14.9. The molecule has 1 aliphatic rings. The van der Waals surface area contributed by atoms with E-state index in [1.807, 2.05) is 0 Å². The first kappa shape index (κ1) is 11.2. The Kier molecular flexibility index (Phi) is 3.96. The van der Waals surface area contributed by atoms with Crippen LogP contribution in [0, 0.1) is 17.2 Å². The fourth-order valence-corrected chi connectivity index (χ4v) is 2.64. The van der Waals surface area contributed by atoms with E-state index in [2.05, 4.69) is 41.7 Å². The van der Waals surface area contributed by atoms with Gasteiger partial charge in [0.05, 0.1) is 12.6 Å². The number of rotatable bonds is 4. The Morgan fingerprint density at radius 3 is 2.81 bits per heavy atom. The van der Waals surface area contributed by atoms with Crippen LogP contribution in [0.15, 0.2) is 30.3 Å². The summed E-state index contributed by atoms with van der Waals surface area (Å²) >= 11 is 0. The summed E-state index contributed by atoms with van der Waals surface area (Å²) in [6.07, 6.45) is 4.95. The van der Waals surface area contributed by atoms with E-state index in [1.165, 1.54) is 24.8 Å². The molecule has 16 heavy (non-hydrogen) atoms. The Bertz CT molecular complexity index is 353. The highest BCUT2D eigenvalue weighted by Gasteiger charge is 2.26. The molecule has 0 amide bonds. The Labute approximate surface area is 97.3 Å². The van der Waals surface area contributed by atoms with E-state index in [9.17, 15) is 0 Å². The molecule has 1 fully saturated rings. The van der Waals surface area contributed by atoms with Crippen molar-refractivity contribution in [1.82, 2.24) is 5.32 Å². The van der Waals surface area contributed by atoms with Crippen molar-refractivity contribution in [3.8, 4) is 6.07 Å². The molecule has 1 aromatic carbocycles. The number of hydrogen-bond acceptors (Lipinski definition) is 2. The average Bonchev–Trinajstić information content (AvgIpc) is 2.75. The smallest absolute Gasteiger partial charge is 0.0843 e. The fourth-order valence-electron chi connectivity index (χ4n) is 2.64. The monoisotopic (exact) mass is 214 g/mol. The highest BCUT2D eigenvalue weighted by Crippen LogP contribution is 2.28. The summed E-state index contributed by atoms with van der Waals surface area (Å²) in [5.74, 6) is 0.704. The van der Waals surface area contributed by atoms with Gasteiger partial charge < -0.3 is 5.32 Å². The number of hydrogen-bond donors (Lipinski definition) is 1. The summed E-state index contributed by atoms with van der Waals surface area (Å²) in [6.45, 7) is 0.482. The molecule has 2 rings (SSSR count). The van der Waals surface area contributed by atoms with Gasteiger partial charge in [-0.2, -0.15) is 5.26 Å². The maximum absolute atomic E-state index is 8.59. The van der Waals surface area contributed by atoms with Gasteiger partial charge in [0.15, 0.2) is 0 Å². The molecule has 0 bridgehead atoms. The van der Waals surface area contributed by atoms with Gasteiger partial charge in [0.2, 0.25) is 0 Å². The van der Waals surface area contributed by atoms with Crippen molar-refractivity contribution in [2.24, 2.45) is 5.92 Å². The zero-order chi connectivity index (χ0) is 11.2. The Hall–Kier alpha value is -1.33. The summed E-state index contributed by atoms with van der Waals surface area (Å²) in [5.41, 5.74) is 1.41. The molecule has 0 saturated heterocycles. The van der Waals surface area contributed by atoms with Gasteiger partial charge in [0.25, 0.3) is 0 Å². The minimum absolute atomic E-state index is 0.482. The summed E-state index contributed by atoms with van der Waals surface area (Å²) in [7, 11) is 0. The molecular weight excluding hydrogens is 196 g/mol. The predicted molar refractivity (Wildman–Crippen MR) is 64.9 cm³/mol. The van der Waals surface area contributed by atoms with Crippen LogP contribution in [0.25, 0.3) is 0 Å². The molecule has 1 aliphatic carbocycles. The normalized spacial score (nSPS) is 24.2. The van der Waals surface area contributed by atoms with Crippen LogP contribution >= 0.6 is 0 Å². The molecule has 1 aromatic rings. The topological polar surface area (TPSA) is 35.8 Å². The quantitative estimate of drug-likeness (QED) is 0.782. The molecule has 84 valence electrons. The minimum atomic E-state index is 0.482. The van der Waals surface area contributed by atoms with Crippen LogP contribution in [-0.2, 0) is 6.42 Å². The maximum Gasteiger partial charge on any atom is 0.0843 e. The predicted octanol–water partition coefficient (Wildman–Crippen LogP) is 2.51. The third-order valence-corrected chi connectivity index (χ3v) is 3.44. The summed E-state index contributed by atoms with van der Waals surface area (Å²) in [4.78, 5) is 0. The molecule has 1 N–H and O–H groups in total. The van der Waals surface area contributed by atoms with Crippen molar-refractivity contribution in [2.75, 3.05) is 6.54 Å². The van der Waals surface area contributed by atoms with Crippen LogP contribution in [0.4, 0.5) is 0 Å². The Morgan fingerprint density at radius 2 is 2.06 bits per heavy atom. The van der Waals surface area contributed by atoms with Crippen molar-refractivity contribution in [3.05, 3.63) is 35.9 Å². The third kappa shape index (κ3) is 2.84. The van der Waals surface area contributed by atoms with E-state index < -0.39 is 0 Å². The van der Waals surface area contributed by atoms with Gasteiger partial charge in [-0.25, -0.2) is 0 Å². The molecule has 1 saturated carbocycles. The molecule has 0 heterocycles. The lowest BCUT2D eigenvalue weighted by molar-refractivity contribution is 0.413. The molecule has 0 aromatic heterocycles. The summed E-state index contributed by atoms with van der Waals surface area (Å²) in [5, 5.41) is 11.9. The first-order valence-corrected chi connectivity index (χ1v) is 6.04. The first-order chi connectivity index (χ1) is 7.90. The van der Waals surface area contributed by atoms with Gasteiger partial charge in [-0.05, 0) is 30.7 Å². The lowest BCUT2D eigenvalue weighted by Gasteiger charge is -2.19. The number of nitrogens with zero attached hydrogens (tertiary/aromatic N) is 1. The van der Waals surface area contributed by atoms with Crippen LogP contribution in [0.3, 0.4) is 0 Å². The summed E-state index contributed by atoms with van der Waals surface area (Å²) < 4.78 is 0. The zero-order valence-corrected chi connectivity index (χ0v) is 9.52. The Balaban J connectivity index is 1.91. The van der Waals surface area contributed by atoms with Gasteiger partial charge in [-0.3, -0.25) is 0 Å². The zero-order valence-electron chi connectivity index (χ0n) is 9.52. The maximum atomic E-state index is 8.59. The lowest BCUT2D eigenvalue weighted by atomic mass is 9.95. The van der Waals surface area contributed by atoms with Crippen molar-refractivity contribution < 1.29 is 0 Å². The molecule has 2 nitrogen and oxygen atoms in total. The molecule has 0 unspecified atom stereocenters.